The van der Waals surface area contributed by atoms with Crippen molar-refractivity contribution in [1.29, 1.82) is 0 Å². The van der Waals surface area contributed by atoms with Gasteiger partial charge in [-0.05, 0) is 12.1 Å². The summed E-state index contributed by atoms with van der Waals surface area (Å²) in [5, 5.41) is 0. The SMILES string of the molecule is NCc1ccc(C(N)=O)cc1F. The highest BCUT2D eigenvalue weighted by atomic mass is 19.1. The van der Waals surface area contributed by atoms with Crippen molar-refractivity contribution in [3.8, 4) is 0 Å². The Morgan fingerprint density at radius 2 is 2.17 bits per heavy atom. The predicted octanol–water partition coefficient (Wildman–Crippen LogP) is 0.383. The Kier molecular flexibility index (Phi) is 2.40. The molecule has 0 radical (unpaired) electrons. The molecule has 0 saturated heterocycles. The smallest absolute Gasteiger partial charge is 0.248 e. The Balaban J connectivity index is 3.10. The van der Waals surface area contributed by atoms with Gasteiger partial charge in [-0.25, -0.2) is 4.39 Å². The second-order valence-corrected chi connectivity index (χ2v) is 2.37. The van der Waals surface area contributed by atoms with Crippen molar-refractivity contribution in [3.63, 3.8) is 0 Å². The molecule has 3 nitrogen and oxygen atoms in total. The normalized spacial score (nSPS) is 9.83. The molecular weight excluding hydrogens is 159 g/mol. The fraction of sp³-hybridized carbons (Fsp3) is 0.125. The van der Waals surface area contributed by atoms with Crippen LogP contribution in [0.5, 0.6) is 0 Å². The van der Waals surface area contributed by atoms with Crippen molar-refractivity contribution in [1.82, 2.24) is 0 Å². The summed E-state index contributed by atoms with van der Waals surface area (Å²) in [5.41, 5.74) is 10.7. The minimum Gasteiger partial charge on any atom is -0.366 e. The van der Waals surface area contributed by atoms with Gasteiger partial charge in [0.05, 0.1) is 0 Å². The molecule has 12 heavy (non-hydrogen) atoms. The van der Waals surface area contributed by atoms with Crippen LogP contribution in [-0.4, -0.2) is 5.91 Å². The Bertz CT molecular complexity index is 312. The molecule has 64 valence electrons. The lowest BCUT2D eigenvalue weighted by atomic mass is 10.1. The topological polar surface area (TPSA) is 69.1 Å². The Morgan fingerprint density at radius 3 is 2.58 bits per heavy atom. The minimum atomic E-state index is -0.641. The van der Waals surface area contributed by atoms with Crippen LogP contribution in [0, 0.1) is 5.82 Å². The van der Waals surface area contributed by atoms with Gasteiger partial charge >= 0.3 is 0 Å². The highest BCUT2D eigenvalue weighted by molar-refractivity contribution is 5.92. The molecule has 0 aliphatic carbocycles. The molecule has 0 saturated carbocycles. The average Bonchev–Trinajstić information content (AvgIpc) is 2.04. The number of amides is 1. The van der Waals surface area contributed by atoms with E-state index in [1.54, 1.807) is 0 Å². The van der Waals surface area contributed by atoms with E-state index in [9.17, 15) is 9.18 Å². The number of halogens is 1. The fourth-order valence-corrected chi connectivity index (χ4v) is 0.866. The molecule has 1 aromatic carbocycles. The zero-order valence-corrected chi connectivity index (χ0v) is 6.38. The van der Waals surface area contributed by atoms with Crippen LogP contribution in [0.15, 0.2) is 18.2 Å². The number of primary amides is 1. The van der Waals surface area contributed by atoms with Crippen molar-refractivity contribution < 1.29 is 9.18 Å². The molecule has 0 aliphatic heterocycles. The third-order valence-electron chi connectivity index (χ3n) is 1.56. The largest absolute Gasteiger partial charge is 0.366 e. The lowest BCUT2D eigenvalue weighted by Crippen LogP contribution is -2.12. The fourth-order valence-electron chi connectivity index (χ4n) is 0.866. The summed E-state index contributed by atoms with van der Waals surface area (Å²) >= 11 is 0. The van der Waals surface area contributed by atoms with Crippen LogP contribution in [0.4, 0.5) is 4.39 Å². The van der Waals surface area contributed by atoms with Crippen LogP contribution in [0.2, 0.25) is 0 Å². The summed E-state index contributed by atoms with van der Waals surface area (Å²) < 4.78 is 12.9. The third kappa shape index (κ3) is 1.60. The van der Waals surface area contributed by atoms with Gasteiger partial charge in [0.1, 0.15) is 5.82 Å². The quantitative estimate of drug-likeness (QED) is 0.670. The van der Waals surface area contributed by atoms with Gasteiger partial charge in [0, 0.05) is 17.7 Å². The van der Waals surface area contributed by atoms with E-state index in [1.807, 2.05) is 0 Å². The molecule has 0 bridgehead atoms. The first kappa shape index (κ1) is 8.67. The highest BCUT2D eigenvalue weighted by Gasteiger charge is 2.04. The van der Waals surface area contributed by atoms with Gasteiger partial charge in [-0.3, -0.25) is 4.79 Å². The molecule has 0 heterocycles. The van der Waals surface area contributed by atoms with E-state index in [0.717, 1.165) is 6.07 Å². The van der Waals surface area contributed by atoms with E-state index >= 15 is 0 Å². The van der Waals surface area contributed by atoms with Crippen molar-refractivity contribution in [3.05, 3.63) is 35.1 Å². The maximum absolute atomic E-state index is 12.9. The van der Waals surface area contributed by atoms with Gasteiger partial charge < -0.3 is 11.5 Å². The summed E-state index contributed by atoms with van der Waals surface area (Å²) in [7, 11) is 0. The van der Waals surface area contributed by atoms with Gasteiger partial charge in [0.15, 0.2) is 0 Å². The van der Waals surface area contributed by atoms with E-state index in [4.69, 9.17) is 11.5 Å². The summed E-state index contributed by atoms with van der Waals surface area (Å²) in [6, 6.07) is 3.99. The number of carbonyl (C=O) groups is 1. The van der Waals surface area contributed by atoms with Crippen LogP contribution in [0.1, 0.15) is 15.9 Å². The standard InChI is InChI=1S/C8H9FN2O/c9-7-3-5(8(11)12)1-2-6(7)4-10/h1-3H,4,10H2,(H2,11,12). The molecule has 0 aromatic heterocycles. The first-order chi connectivity index (χ1) is 5.65. The number of hydrogen-bond acceptors (Lipinski definition) is 2. The van der Waals surface area contributed by atoms with Crippen LogP contribution in [-0.2, 0) is 6.54 Å². The lowest BCUT2D eigenvalue weighted by Gasteiger charge is -2.00. The van der Waals surface area contributed by atoms with Crippen LogP contribution in [0.25, 0.3) is 0 Å². The van der Waals surface area contributed by atoms with Crippen molar-refractivity contribution in [2.75, 3.05) is 0 Å². The lowest BCUT2D eigenvalue weighted by molar-refractivity contribution is 0.1000. The first-order valence-corrected chi connectivity index (χ1v) is 3.43. The maximum atomic E-state index is 12.9. The molecule has 0 unspecified atom stereocenters. The number of hydrogen-bond donors (Lipinski definition) is 2. The van der Waals surface area contributed by atoms with Crippen LogP contribution < -0.4 is 11.5 Å². The van der Waals surface area contributed by atoms with Gasteiger partial charge in [-0.2, -0.15) is 0 Å². The Labute approximate surface area is 69.2 Å². The zero-order valence-electron chi connectivity index (χ0n) is 6.38. The molecule has 1 rings (SSSR count). The second kappa shape index (κ2) is 3.32. The number of nitrogens with two attached hydrogens (primary N) is 2. The number of benzene rings is 1. The zero-order chi connectivity index (χ0) is 9.14. The molecule has 4 heteroatoms. The molecule has 1 aromatic rings. The maximum Gasteiger partial charge on any atom is 0.248 e. The molecule has 0 atom stereocenters. The van der Waals surface area contributed by atoms with E-state index in [0.29, 0.717) is 5.56 Å². The van der Waals surface area contributed by atoms with Gasteiger partial charge in [-0.15, -0.1) is 0 Å². The van der Waals surface area contributed by atoms with E-state index in [1.165, 1.54) is 12.1 Å². The van der Waals surface area contributed by atoms with Crippen molar-refractivity contribution in [2.24, 2.45) is 11.5 Å². The number of rotatable bonds is 2. The van der Waals surface area contributed by atoms with E-state index in [2.05, 4.69) is 0 Å². The van der Waals surface area contributed by atoms with Gasteiger partial charge in [0.25, 0.3) is 0 Å². The predicted molar refractivity (Wildman–Crippen MR) is 42.8 cm³/mol. The average molecular weight is 168 g/mol. The van der Waals surface area contributed by atoms with Crippen LogP contribution in [0.3, 0.4) is 0 Å². The Hall–Kier alpha value is -1.42. The summed E-state index contributed by atoms with van der Waals surface area (Å²) in [6.07, 6.45) is 0. The molecule has 4 N–H and O–H groups in total. The Morgan fingerprint density at radius 1 is 1.50 bits per heavy atom. The first-order valence-electron chi connectivity index (χ1n) is 3.43. The number of carbonyl (C=O) groups excluding carboxylic acids is 1. The molecule has 0 aliphatic rings. The van der Waals surface area contributed by atoms with Crippen LogP contribution >= 0.6 is 0 Å². The van der Waals surface area contributed by atoms with E-state index in [-0.39, 0.29) is 12.1 Å². The van der Waals surface area contributed by atoms with E-state index < -0.39 is 11.7 Å². The minimum absolute atomic E-state index is 0.116. The highest BCUT2D eigenvalue weighted by Crippen LogP contribution is 2.08. The summed E-state index contributed by atoms with van der Waals surface area (Å²) in [4.78, 5) is 10.6. The molecule has 0 fully saturated rings. The summed E-state index contributed by atoms with van der Waals surface area (Å²) in [5.74, 6) is -1.13. The van der Waals surface area contributed by atoms with Crippen molar-refractivity contribution in [2.45, 2.75) is 6.54 Å². The van der Waals surface area contributed by atoms with Gasteiger partial charge in [0.2, 0.25) is 5.91 Å². The van der Waals surface area contributed by atoms with Gasteiger partial charge in [-0.1, -0.05) is 6.07 Å². The monoisotopic (exact) mass is 168 g/mol. The third-order valence-corrected chi connectivity index (χ3v) is 1.56. The molecule has 0 spiro atoms. The summed E-state index contributed by atoms with van der Waals surface area (Å²) in [6.45, 7) is 0.116. The molecule has 1 amide bonds. The molecular formula is C8H9FN2O. The second-order valence-electron chi connectivity index (χ2n) is 2.37. The van der Waals surface area contributed by atoms with Crippen molar-refractivity contribution >= 4 is 5.91 Å².